The molecular formula is C19H16N4O. The number of benzene rings is 2. The van der Waals surface area contributed by atoms with Crippen molar-refractivity contribution in [3.05, 3.63) is 84.3 Å². The van der Waals surface area contributed by atoms with Crippen LogP contribution in [-0.2, 0) is 6.54 Å². The summed E-state index contributed by atoms with van der Waals surface area (Å²) >= 11 is 0. The van der Waals surface area contributed by atoms with E-state index in [4.69, 9.17) is 0 Å². The molecule has 0 fully saturated rings. The van der Waals surface area contributed by atoms with Crippen molar-refractivity contribution in [3.63, 3.8) is 0 Å². The zero-order valence-electron chi connectivity index (χ0n) is 12.9. The maximum atomic E-state index is 12.5. The number of H-pyrrole nitrogens is 1. The Labute approximate surface area is 138 Å². The molecule has 0 aliphatic carbocycles. The van der Waals surface area contributed by atoms with Gasteiger partial charge >= 0.3 is 0 Å². The van der Waals surface area contributed by atoms with Gasteiger partial charge < -0.3 is 10.3 Å². The highest BCUT2D eigenvalue weighted by atomic mass is 16.1. The molecule has 5 heteroatoms. The van der Waals surface area contributed by atoms with E-state index in [9.17, 15) is 4.79 Å². The number of nitrogens with zero attached hydrogens (tertiary/aromatic N) is 2. The van der Waals surface area contributed by atoms with Crippen LogP contribution in [0.25, 0.3) is 10.9 Å². The third-order valence-electron chi connectivity index (χ3n) is 3.86. The fourth-order valence-electron chi connectivity index (χ4n) is 2.72. The molecule has 24 heavy (non-hydrogen) atoms. The molecule has 2 heterocycles. The fourth-order valence-corrected chi connectivity index (χ4v) is 2.72. The number of anilines is 1. The lowest BCUT2D eigenvalue weighted by Crippen LogP contribution is -2.12. The van der Waals surface area contributed by atoms with E-state index in [0.29, 0.717) is 12.2 Å². The second-order valence-electron chi connectivity index (χ2n) is 5.63. The maximum Gasteiger partial charge on any atom is 0.272 e. The first-order chi connectivity index (χ1) is 11.8. The van der Waals surface area contributed by atoms with Crippen LogP contribution in [0.1, 0.15) is 16.1 Å². The molecule has 0 spiro atoms. The molecule has 118 valence electrons. The van der Waals surface area contributed by atoms with Gasteiger partial charge in [-0.2, -0.15) is 5.10 Å². The summed E-state index contributed by atoms with van der Waals surface area (Å²) in [6.07, 6.45) is 3.66. The molecule has 0 atom stereocenters. The van der Waals surface area contributed by atoms with Crippen molar-refractivity contribution in [2.45, 2.75) is 6.54 Å². The average Bonchev–Trinajstić information content (AvgIpc) is 3.24. The highest BCUT2D eigenvalue weighted by Crippen LogP contribution is 2.17. The molecule has 2 N–H and O–H groups in total. The lowest BCUT2D eigenvalue weighted by Gasteiger charge is -2.07. The van der Waals surface area contributed by atoms with Crippen LogP contribution < -0.4 is 5.32 Å². The second-order valence-corrected chi connectivity index (χ2v) is 5.63. The molecule has 2 aromatic carbocycles. The van der Waals surface area contributed by atoms with E-state index in [2.05, 4.69) is 15.4 Å². The summed E-state index contributed by atoms with van der Waals surface area (Å²) in [6, 6.07) is 19.4. The monoisotopic (exact) mass is 316 g/mol. The molecule has 0 bridgehead atoms. The summed E-state index contributed by atoms with van der Waals surface area (Å²) < 4.78 is 1.85. The van der Waals surface area contributed by atoms with Gasteiger partial charge in [0.25, 0.3) is 5.91 Å². The van der Waals surface area contributed by atoms with Gasteiger partial charge in [0.15, 0.2) is 0 Å². The molecule has 5 nitrogen and oxygen atoms in total. The van der Waals surface area contributed by atoms with Crippen molar-refractivity contribution >= 4 is 22.5 Å². The first kappa shape index (κ1) is 14.3. The minimum Gasteiger partial charge on any atom is -0.351 e. The van der Waals surface area contributed by atoms with Crippen molar-refractivity contribution in [1.82, 2.24) is 14.8 Å². The van der Waals surface area contributed by atoms with Crippen molar-refractivity contribution in [2.24, 2.45) is 0 Å². The predicted octanol–water partition coefficient (Wildman–Crippen LogP) is 3.67. The average molecular weight is 316 g/mol. The van der Waals surface area contributed by atoms with Gasteiger partial charge in [0.2, 0.25) is 0 Å². The summed E-state index contributed by atoms with van der Waals surface area (Å²) in [5.41, 5.74) is 3.35. The zero-order valence-corrected chi connectivity index (χ0v) is 12.9. The van der Waals surface area contributed by atoms with E-state index in [0.717, 1.165) is 22.2 Å². The topological polar surface area (TPSA) is 62.7 Å². The Hall–Kier alpha value is -3.34. The van der Waals surface area contributed by atoms with Crippen LogP contribution >= 0.6 is 0 Å². The van der Waals surface area contributed by atoms with Gasteiger partial charge in [-0.25, -0.2) is 0 Å². The van der Waals surface area contributed by atoms with Gasteiger partial charge in [-0.15, -0.1) is 0 Å². The van der Waals surface area contributed by atoms with Crippen molar-refractivity contribution in [1.29, 1.82) is 0 Å². The predicted molar refractivity (Wildman–Crippen MR) is 94.0 cm³/mol. The number of carbonyl (C=O) groups is 1. The number of para-hydroxylation sites is 1. The number of fused-ring (bicyclic) bond motifs is 1. The van der Waals surface area contributed by atoms with Gasteiger partial charge in [-0.1, -0.05) is 30.3 Å². The third kappa shape index (κ3) is 2.92. The van der Waals surface area contributed by atoms with Crippen LogP contribution in [0.3, 0.4) is 0 Å². The Morgan fingerprint density at radius 2 is 2.00 bits per heavy atom. The molecule has 0 aliphatic rings. The van der Waals surface area contributed by atoms with Gasteiger partial charge in [0, 0.05) is 29.0 Å². The standard InChI is InChI=1S/C19H16N4O/c24-19(18-12-15-6-1-2-8-17(15)22-18)21-16-7-3-5-14(11-16)13-23-10-4-9-20-23/h1-12,22H,13H2,(H,21,24). The van der Waals surface area contributed by atoms with Crippen molar-refractivity contribution in [2.75, 3.05) is 5.32 Å². The van der Waals surface area contributed by atoms with Crippen LogP contribution in [0.5, 0.6) is 0 Å². The van der Waals surface area contributed by atoms with Gasteiger partial charge in [0.05, 0.1) is 6.54 Å². The number of hydrogen-bond acceptors (Lipinski definition) is 2. The van der Waals surface area contributed by atoms with E-state index in [1.54, 1.807) is 6.20 Å². The van der Waals surface area contributed by atoms with Crippen LogP contribution in [0.4, 0.5) is 5.69 Å². The fraction of sp³-hybridized carbons (Fsp3) is 0.0526. The summed E-state index contributed by atoms with van der Waals surface area (Å²) in [5.74, 6) is -0.151. The maximum absolute atomic E-state index is 12.5. The Kier molecular flexibility index (Phi) is 3.59. The number of aromatic nitrogens is 3. The minimum absolute atomic E-state index is 0.151. The van der Waals surface area contributed by atoms with Crippen LogP contribution in [0.15, 0.2) is 73.1 Å². The van der Waals surface area contributed by atoms with Crippen molar-refractivity contribution < 1.29 is 4.79 Å². The number of aromatic amines is 1. The highest BCUT2D eigenvalue weighted by Gasteiger charge is 2.10. The first-order valence-electron chi connectivity index (χ1n) is 7.73. The lowest BCUT2D eigenvalue weighted by molar-refractivity contribution is 0.102. The Morgan fingerprint density at radius 1 is 1.08 bits per heavy atom. The van der Waals surface area contributed by atoms with Crippen LogP contribution in [0.2, 0.25) is 0 Å². The molecule has 2 aromatic heterocycles. The molecule has 1 amide bonds. The zero-order chi connectivity index (χ0) is 16.4. The largest absolute Gasteiger partial charge is 0.351 e. The third-order valence-corrected chi connectivity index (χ3v) is 3.86. The molecule has 0 unspecified atom stereocenters. The van der Waals surface area contributed by atoms with E-state index in [1.165, 1.54) is 0 Å². The van der Waals surface area contributed by atoms with E-state index < -0.39 is 0 Å². The number of nitrogens with one attached hydrogen (secondary N) is 2. The van der Waals surface area contributed by atoms with E-state index >= 15 is 0 Å². The van der Waals surface area contributed by atoms with Crippen LogP contribution in [0, 0.1) is 0 Å². The molecule has 4 aromatic rings. The molecule has 0 aliphatic heterocycles. The molecule has 0 saturated carbocycles. The van der Waals surface area contributed by atoms with Gasteiger partial charge in [0.1, 0.15) is 5.69 Å². The molecule has 0 saturated heterocycles. The second kappa shape index (κ2) is 6.04. The van der Waals surface area contributed by atoms with Crippen LogP contribution in [-0.4, -0.2) is 20.7 Å². The summed E-state index contributed by atoms with van der Waals surface area (Å²) in [6.45, 7) is 0.670. The first-order valence-corrected chi connectivity index (χ1v) is 7.73. The minimum atomic E-state index is -0.151. The quantitative estimate of drug-likeness (QED) is 0.603. The van der Waals surface area contributed by atoms with Gasteiger partial charge in [-0.3, -0.25) is 9.48 Å². The Morgan fingerprint density at radius 3 is 2.83 bits per heavy atom. The van der Waals surface area contributed by atoms with Crippen molar-refractivity contribution in [3.8, 4) is 0 Å². The van der Waals surface area contributed by atoms with E-state index in [-0.39, 0.29) is 5.91 Å². The SMILES string of the molecule is O=C(Nc1cccc(Cn2cccn2)c1)c1cc2ccccc2[nH]1. The number of rotatable bonds is 4. The number of hydrogen-bond donors (Lipinski definition) is 2. The summed E-state index contributed by atoms with van der Waals surface area (Å²) in [4.78, 5) is 15.6. The number of amides is 1. The van der Waals surface area contributed by atoms with E-state index in [1.807, 2.05) is 71.5 Å². The molecule has 0 radical (unpaired) electrons. The Bertz CT molecular complexity index is 952. The summed E-state index contributed by atoms with van der Waals surface area (Å²) in [5, 5.41) is 8.16. The molecule has 4 rings (SSSR count). The Balaban J connectivity index is 1.53. The normalized spacial score (nSPS) is 10.8. The smallest absolute Gasteiger partial charge is 0.272 e. The lowest BCUT2D eigenvalue weighted by atomic mass is 10.2. The number of carbonyl (C=O) groups excluding carboxylic acids is 1. The molecular weight excluding hydrogens is 300 g/mol. The van der Waals surface area contributed by atoms with Gasteiger partial charge in [-0.05, 0) is 35.9 Å². The highest BCUT2D eigenvalue weighted by molar-refractivity contribution is 6.05. The summed E-state index contributed by atoms with van der Waals surface area (Å²) in [7, 11) is 0.